The first-order valence-corrected chi connectivity index (χ1v) is 11.5. The van der Waals surface area contributed by atoms with Crippen molar-refractivity contribution in [3.05, 3.63) is 71.9 Å². The van der Waals surface area contributed by atoms with E-state index in [1.54, 1.807) is 45.0 Å². The molecule has 0 radical (unpaired) electrons. The van der Waals surface area contributed by atoms with E-state index in [2.05, 4.69) is 5.32 Å². The Balaban J connectivity index is 1.71. The van der Waals surface area contributed by atoms with Gasteiger partial charge in [0.15, 0.2) is 0 Å². The maximum Gasteiger partial charge on any atom is 0.285 e. The molecule has 0 bridgehead atoms. The monoisotopic (exact) mass is 428 g/mol. The minimum Gasteiger partial charge on any atom is -0.494 e. The normalized spacial score (nSPS) is 16.1. The van der Waals surface area contributed by atoms with E-state index in [9.17, 15) is 13.2 Å². The standard InChI is InChI=1S/C23H28N2O4S/c1-23(2,3)25-22(26)20(21(30(25,27)28)18-12-6-4-7-13-18)24-16-10-11-17-29-19-14-8-5-9-15-19/h4-9,12-15,24H,10-11,16-17H2,1-3H3. The molecule has 0 fully saturated rings. The lowest BCUT2D eigenvalue weighted by Crippen LogP contribution is -2.46. The van der Waals surface area contributed by atoms with Gasteiger partial charge in [0.25, 0.3) is 15.9 Å². The van der Waals surface area contributed by atoms with E-state index in [1.165, 1.54) is 0 Å². The number of unbranched alkanes of at least 4 members (excludes halogenated alkanes) is 1. The number of nitrogens with one attached hydrogen (secondary N) is 1. The molecule has 6 nitrogen and oxygen atoms in total. The highest BCUT2D eigenvalue weighted by Crippen LogP contribution is 2.38. The van der Waals surface area contributed by atoms with Gasteiger partial charge in [-0.3, -0.25) is 4.79 Å². The van der Waals surface area contributed by atoms with Crippen molar-refractivity contribution in [2.75, 3.05) is 13.2 Å². The molecule has 0 aliphatic carbocycles. The van der Waals surface area contributed by atoms with Crippen molar-refractivity contribution in [3.63, 3.8) is 0 Å². The Morgan fingerprint density at radius 1 is 0.933 bits per heavy atom. The van der Waals surface area contributed by atoms with Crippen LogP contribution in [0, 0.1) is 0 Å². The summed E-state index contributed by atoms with van der Waals surface area (Å²) in [7, 11) is -3.94. The summed E-state index contributed by atoms with van der Waals surface area (Å²) in [5.41, 5.74) is -0.212. The summed E-state index contributed by atoms with van der Waals surface area (Å²) in [6.07, 6.45) is 1.51. The summed E-state index contributed by atoms with van der Waals surface area (Å²) in [5.74, 6) is 0.305. The Kier molecular flexibility index (Phi) is 6.51. The fraction of sp³-hybridized carbons (Fsp3) is 0.348. The highest BCUT2D eigenvalue weighted by molar-refractivity contribution is 7.99. The van der Waals surface area contributed by atoms with Gasteiger partial charge < -0.3 is 10.1 Å². The zero-order chi connectivity index (χ0) is 21.8. The van der Waals surface area contributed by atoms with Crippen LogP contribution < -0.4 is 10.1 Å². The molecule has 0 saturated carbocycles. The second-order valence-corrected chi connectivity index (χ2v) is 9.83. The molecule has 1 amide bonds. The molecule has 160 valence electrons. The Bertz CT molecular complexity index is 1010. The Labute approximate surface area is 178 Å². The number of para-hydroxylation sites is 1. The van der Waals surface area contributed by atoms with E-state index in [0.29, 0.717) is 18.7 Å². The van der Waals surface area contributed by atoms with Gasteiger partial charge in [0.05, 0.1) is 12.1 Å². The number of nitrogens with zero attached hydrogens (tertiary/aromatic N) is 1. The molecule has 0 atom stereocenters. The van der Waals surface area contributed by atoms with Crippen LogP contribution in [-0.2, 0) is 14.8 Å². The largest absolute Gasteiger partial charge is 0.494 e. The van der Waals surface area contributed by atoms with Gasteiger partial charge in [-0.25, -0.2) is 12.7 Å². The number of benzene rings is 2. The first-order valence-electron chi connectivity index (χ1n) is 10.0. The van der Waals surface area contributed by atoms with Gasteiger partial charge in [0.1, 0.15) is 16.4 Å². The Morgan fingerprint density at radius 3 is 2.13 bits per heavy atom. The van der Waals surface area contributed by atoms with Crippen molar-refractivity contribution in [3.8, 4) is 5.75 Å². The molecule has 0 spiro atoms. The summed E-state index contributed by atoms with van der Waals surface area (Å²) in [6.45, 7) is 6.18. The van der Waals surface area contributed by atoms with E-state index in [-0.39, 0.29) is 10.6 Å². The van der Waals surface area contributed by atoms with Crippen molar-refractivity contribution in [2.24, 2.45) is 0 Å². The first kappa shape index (κ1) is 21.9. The van der Waals surface area contributed by atoms with Crippen LogP contribution in [0.2, 0.25) is 0 Å². The number of carbonyl (C=O) groups is 1. The summed E-state index contributed by atoms with van der Waals surface area (Å²) in [5, 5.41) is 3.09. The van der Waals surface area contributed by atoms with Gasteiger partial charge in [-0.15, -0.1) is 0 Å². The third kappa shape index (κ3) is 4.67. The van der Waals surface area contributed by atoms with Crippen molar-refractivity contribution >= 4 is 20.8 Å². The minimum atomic E-state index is -3.94. The fourth-order valence-electron chi connectivity index (χ4n) is 3.38. The Hall–Kier alpha value is -2.80. The van der Waals surface area contributed by atoms with Gasteiger partial charge in [0, 0.05) is 6.54 Å². The van der Waals surface area contributed by atoms with Crippen LogP contribution in [0.4, 0.5) is 0 Å². The minimum absolute atomic E-state index is 0.0450. The quantitative estimate of drug-likeness (QED) is 0.648. The van der Waals surface area contributed by atoms with Crippen LogP contribution in [-0.4, -0.2) is 37.3 Å². The van der Waals surface area contributed by atoms with Crippen LogP contribution in [0.1, 0.15) is 39.2 Å². The molecular weight excluding hydrogens is 400 g/mol. The van der Waals surface area contributed by atoms with E-state index < -0.39 is 21.5 Å². The SMILES string of the molecule is CC(C)(C)N1C(=O)C(NCCCCOc2ccccc2)=C(c2ccccc2)S1(=O)=O. The van der Waals surface area contributed by atoms with E-state index in [4.69, 9.17) is 4.74 Å². The molecule has 2 aromatic carbocycles. The summed E-state index contributed by atoms with van der Waals surface area (Å²) in [4.78, 5) is 13.1. The highest BCUT2D eigenvalue weighted by Gasteiger charge is 2.49. The Morgan fingerprint density at radius 2 is 1.53 bits per heavy atom. The topological polar surface area (TPSA) is 75.7 Å². The zero-order valence-electron chi connectivity index (χ0n) is 17.6. The number of amides is 1. The average molecular weight is 429 g/mol. The molecule has 0 saturated heterocycles. The summed E-state index contributed by atoms with van der Waals surface area (Å²) >= 11 is 0. The lowest BCUT2D eigenvalue weighted by Gasteiger charge is -2.30. The summed E-state index contributed by atoms with van der Waals surface area (Å²) in [6, 6.07) is 18.3. The third-order valence-corrected chi connectivity index (χ3v) is 6.80. The molecule has 7 heteroatoms. The van der Waals surface area contributed by atoms with E-state index >= 15 is 0 Å². The van der Waals surface area contributed by atoms with Gasteiger partial charge in [0.2, 0.25) is 0 Å². The molecule has 1 aliphatic rings. The lowest BCUT2D eigenvalue weighted by atomic mass is 10.1. The van der Waals surface area contributed by atoms with Crippen LogP contribution >= 0.6 is 0 Å². The molecule has 0 aromatic heterocycles. The van der Waals surface area contributed by atoms with Crippen LogP contribution in [0.25, 0.3) is 4.91 Å². The average Bonchev–Trinajstić information content (AvgIpc) is 2.90. The maximum atomic E-state index is 13.2. The van der Waals surface area contributed by atoms with Crippen LogP contribution in [0.5, 0.6) is 5.75 Å². The lowest BCUT2D eigenvalue weighted by molar-refractivity contribution is -0.125. The maximum absolute atomic E-state index is 13.2. The van der Waals surface area contributed by atoms with Gasteiger partial charge in [-0.05, 0) is 51.3 Å². The second-order valence-electron chi connectivity index (χ2n) is 8.11. The van der Waals surface area contributed by atoms with Crippen molar-refractivity contribution < 1.29 is 17.9 Å². The molecular formula is C23H28N2O4S. The molecule has 1 heterocycles. The number of rotatable bonds is 8. The highest BCUT2D eigenvalue weighted by atomic mass is 32.2. The molecule has 30 heavy (non-hydrogen) atoms. The number of hydrogen-bond donors (Lipinski definition) is 1. The van der Waals surface area contributed by atoms with Gasteiger partial charge in [-0.1, -0.05) is 48.5 Å². The molecule has 1 aliphatic heterocycles. The van der Waals surface area contributed by atoms with E-state index in [0.717, 1.165) is 22.9 Å². The molecule has 1 N–H and O–H groups in total. The number of ether oxygens (including phenoxy) is 1. The van der Waals surface area contributed by atoms with Crippen molar-refractivity contribution in [1.82, 2.24) is 9.62 Å². The van der Waals surface area contributed by atoms with Crippen molar-refractivity contribution in [1.29, 1.82) is 0 Å². The number of sulfonamides is 1. The molecule has 2 aromatic rings. The smallest absolute Gasteiger partial charge is 0.285 e. The fourth-order valence-corrected chi connectivity index (χ4v) is 5.44. The van der Waals surface area contributed by atoms with Gasteiger partial charge in [-0.2, -0.15) is 0 Å². The van der Waals surface area contributed by atoms with Crippen molar-refractivity contribution in [2.45, 2.75) is 39.2 Å². The van der Waals surface area contributed by atoms with Crippen LogP contribution in [0.15, 0.2) is 66.4 Å². The first-order chi connectivity index (χ1) is 14.2. The van der Waals surface area contributed by atoms with Crippen LogP contribution in [0.3, 0.4) is 0 Å². The predicted molar refractivity (Wildman–Crippen MR) is 118 cm³/mol. The third-order valence-electron chi connectivity index (χ3n) is 4.65. The van der Waals surface area contributed by atoms with E-state index in [1.807, 2.05) is 36.4 Å². The predicted octanol–water partition coefficient (Wildman–Crippen LogP) is 3.77. The second kappa shape index (κ2) is 8.92. The molecule has 0 unspecified atom stereocenters. The molecule has 3 rings (SSSR count). The van der Waals surface area contributed by atoms with Gasteiger partial charge >= 0.3 is 0 Å². The zero-order valence-corrected chi connectivity index (χ0v) is 18.4. The summed E-state index contributed by atoms with van der Waals surface area (Å²) < 4.78 is 33.1. The number of hydrogen-bond acceptors (Lipinski definition) is 5. The number of carbonyl (C=O) groups excluding carboxylic acids is 1.